The number of hydrogen-bond acceptors (Lipinski definition) is 11. The highest BCUT2D eigenvalue weighted by Crippen LogP contribution is 2.35. The van der Waals surface area contributed by atoms with Crippen molar-refractivity contribution in [3.63, 3.8) is 0 Å². The lowest BCUT2D eigenvalue weighted by atomic mass is 9.95. The summed E-state index contributed by atoms with van der Waals surface area (Å²) in [5.41, 5.74) is 3.32. The van der Waals surface area contributed by atoms with Gasteiger partial charge in [-0.2, -0.15) is 5.26 Å². The Labute approximate surface area is 363 Å². The van der Waals surface area contributed by atoms with Crippen molar-refractivity contribution in [1.29, 1.82) is 5.26 Å². The zero-order valence-corrected chi connectivity index (χ0v) is 35.2. The fourth-order valence-electron chi connectivity index (χ4n) is 9.87. The third-order valence-corrected chi connectivity index (χ3v) is 13.3. The molecule has 6 amide bonds. The summed E-state index contributed by atoms with van der Waals surface area (Å²) in [6.45, 7) is 9.76. The molecule has 17 heteroatoms. The minimum absolute atomic E-state index is 0.0635. The third kappa shape index (κ3) is 7.88. The average molecular weight is 859 g/mol. The number of piperazine rings is 2. The number of amides is 6. The Balaban J connectivity index is 0.755. The maximum atomic E-state index is 15.7. The molecule has 15 nitrogen and oxygen atoms in total. The fourth-order valence-corrected chi connectivity index (χ4v) is 9.87. The van der Waals surface area contributed by atoms with Crippen molar-refractivity contribution in [2.45, 2.75) is 57.7 Å². The van der Waals surface area contributed by atoms with E-state index in [2.05, 4.69) is 36.4 Å². The number of rotatable bonds is 7. The molecule has 9 rings (SSSR count). The van der Waals surface area contributed by atoms with E-state index in [0.717, 1.165) is 60.2 Å². The minimum atomic E-state index is -1.01. The Kier molecular flexibility index (Phi) is 11.2. The number of hydrogen-bond donors (Lipinski definition) is 2. The van der Waals surface area contributed by atoms with Crippen molar-refractivity contribution in [2.75, 3.05) is 78.9 Å². The van der Waals surface area contributed by atoms with E-state index in [0.29, 0.717) is 56.3 Å². The summed E-state index contributed by atoms with van der Waals surface area (Å²) in [7, 11) is 0. The van der Waals surface area contributed by atoms with E-state index in [4.69, 9.17) is 0 Å². The van der Waals surface area contributed by atoms with Crippen molar-refractivity contribution in [2.24, 2.45) is 5.92 Å². The van der Waals surface area contributed by atoms with Gasteiger partial charge in [0.1, 0.15) is 23.7 Å². The molecule has 5 aliphatic heterocycles. The van der Waals surface area contributed by atoms with E-state index in [1.165, 1.54) is 6.07 Å². The number of imide groups is 2. The maximum Gasteiger partial charge on any atom is 0.322 e. The first kappa shape index (κ1) is 41.7. The molecule has 4 saturated heterocycles. The van der Waals surface area contributed by atoms with Gasteiger partial charge >= 0.3 is 6.03 Å². The Hall–Kier alpha value is -6.67. The first-order valence-electron chi connectivity index (χ1n) is 21.6. The summed E-state index contributed by atoms with van der Waals surface area (Å²) < 4.78 is 31.3. The maximum absolute atomic E-state index is 15.7. The molecule has 2 N–H and O–H groups in total. The van der Waals surface area contributed by atoms with Crippen LogP contribution in [-0.4, -0.2) is 126 Å². The van der Waals surface area contributed by atoms with Crippen LogP contribution < -0.4 is 25.3 Å². The summed E-state index contributed by atoms with van der Waals surface area (Å²) in [5, 5.41) is 15.3. The number of benzene rings is 3. The summed E-state index contributed by atoms with van der Waals surface area (Å²) >= 11 is 0. The summed E-state index contributed by atoms with van der Waals surface area (Å²) in [6, 6.07) is 15.2. The first-order chi connectivity index (χ1) is 30.4. The summed E-state index contributed by atoms with van der Waals surface area (Å²) in [5.74, 6) is -3.04. The highest BCUT2D eigenvalue weighted by molar-refractivity contribution is 6.23. The molecule has 0 aliphatic carbocycles. The Bertz CT molecular complexity index is 2570. The number of nitrogens with one attached hydrogen (secondary N) is 2. The standard InChI is InChI=1S/C46H48F2N10O5/c1-27-25-57(28(2)24-56(27)38-8-5-30(23-49)42-33(38)4-3-13-50-42)46(63)51-37-21-36(48)40(22-35(37)47)55-14-11-29(12-15-55)26-53-16-18-54(19-17-53)31-6-7-32-34(20-31)45(62)58(44(32)61)39-9-10-41(59)52-43(39)60/h3-8,13,20-22,27-29,39H,9-12,14-19,24-26H2,1-2H3,(H,51,63)(H,52,59,60)/t27-,28+,39-/m0/s1. The number of anilines is 4. The molecule has 0 saturated carbocycles. The molecule has 0 unspecified atom stereocenters. The van der Waals surface area contributed by atoms with Crippen molar-refractivity contribution in [1.82, 2.24) is 25.0 Å². The highest BCUT2D eigenvalue weighted by Gasteiger charge is 2.45. The Morgan fingerprint density at radius 3 is 2.35 bits per heavy atom. The number of fused-ring (bicyclic) bond motifs is 2. The van der Waals surface area contributed by atoms with Gasteiger partial charge in [0, 0.05) is 112 Å². The largest absolute Gasteiger partial charge is 0.369 e. The van der Waals surface area contributed by atoms with Crippen LogP contribution in [0.1, 0.15) is 65.8 Å². The molecule has 63 heavy (non-hydrogen) atoms. The number of nitriles is 1. The smallest absolute Gasteiger partial charge is 0.322 e. The van der Waals surface area contributed by atoms with E-state index >= 15 is 8.78 Å². The number of nitrogens with zero attached hydrogens (tertiary/aromatic N) is 8. The van der Waals surface area contributed by atoms with Gasteiger partial charge < -0.3 is 24.9 Å². The molecule has 5 aliphatic rings. The van der Waals surface area contributed by atoms with Crippen LogP contribution in [0.5, 0.6) is 0 Å². The SMILES string of the molecule is C[C@@H]1CN(c2ccc(C#N)c3ncccc23)[C@@H](C)CN1C(=O)Nc1cc(F)c(N2CCC(CN3CCN(c4ccc5c(c4)C(=O)N([C@H]4CCC(=O)NC4=O)C5=O)CC3)CC2)cc1F. The van der Waals surface area contributed by atoms with Crippen molar-refractivity contribution in [3.8, 4) is 6.07 Å². The molecule has 0 radical (unpaired) electrons. The van der Waals surface area contributed by atoms with Gasteiger partial charge in [0.15, 0.2) is 0 Å². The lowest BCUT2D eigenvalue weighted by Gasteiger charge is -2.45. The molecule has 3 aromatic carbocycles. The molecule has 1 aromatic heterocycles. The van der Waals surface area contributed by atoms with Crippen LogP contribution in [0.3, 0.4) is 0 Å². The van der Waals surface area contributed by atoms with Gasteiger partial charge in [-0.25, -0.2) is 13.6 Å². The minimum Gasteiger partial charge on any atom is -0.369 e. The van der Waals surface area contributed by atoms with E-state index in [-0.39, 0.29) is 47.4 Å². The summed E-state index contributed by atoms with van der Waals surface area (Å²) in [4.78, 5) is 79.8. The average Bonchev–Trinajstić information content (AvgIpc) is 3.53. The number of piperidine rings is 2. The van der Waals surface area contributed by atoms with Crippen LogP contribution in [0.4, 0.5) is 36.3 Å². The van der Waals surface area contributed by atoms with Crippen molar-refractivity contribution < 1.29 is 32.8 Å². The predicted octanol–water partition coefficient (Wildman–Crippen LogP) is 4.96. The molecular weight excluding hydrogens is 811 g/mol. The van der Waals surface area contributed by atoms with Crippen LogP contribution in [0.15, 0.2) is 60.8 Å². The van der Waals surface area contributed by atoms with Crippen LogP contribution in [0.25, 0.3) is 10.9 Å². The van der Waals surface area contributed by atoms with Crippen LogP contribution >= 0.6 is 0 Å². The molecule has 0 spiro atoms. The van der Waals surface area contributed by atoms with E-state index in [1.807, 2.05) is 43.0 Å². The lowest BCUT2D eigenvalue weighted by molar-refractivity contribution is -0.136. The predicted molar refractivity (Wildman–Crippen MR) is 232 cm³/mol. The van der Waals surface area contributed by atoms with Gasteiger partial charge in [0.05, 0.1) is 33.6 Å². The second-order valence-corrected chi connectivity index (χ2v) is 17.3. The van der Waals surface area contributed by atoms with Crippen LogP contribution in [0.2, 0.25) is 0 Å². The van der Waals surface area contributed by atoms with Crippen LogP contribution in [-0.2, 0) is 9.59 Å². The van der Waals surface area contributed by atoms with Crippen molar-refractivity contribution in [3.05, 3.63) is 89.1 Å². The number of aromatic nitrogens is 1. The van der Waals surface area contributed by atoms with Gasteiger partial charge in [0.25, 0.3) is 11.8 Å². The zero-order valence-electron chi connectivity index (χ0n) is 35.2. The quantitative estimate of drug-likeness (QED) is 0.242. The molecule has 4 fully saturated rings. The molecule has 326 valence electrons. The van der Waals surface area contributed by atoms with Gasteiger partial charge in [-0.05, 0) is 81.5 Å². The lowest BCUT2D eigenvalue weighted by Crippen LogP contribution is -2.59. The number of halogens is 2. The molecule has 0 bridgehead atoms. The van der Waals surface area contributed by atoms with E-state index < -0.39 is 47.3 Å². The first-order valence-corrected chi connectivity index (χ1v) is 21.6. The normalized spacial score (nSPS) is 22.4. The number of pyridine rings is 1. The monoisotopic (exact) mass is 858 g/mol. The fraction of sp³-hybridized carbons (Fsp3) is 0.413. The molecule has 6 heterocycles. The van der Waals surface area contributed by atoms with Gasteiger partial charge in [-0.15, -0.1) is 0 Å². The summed E-state index contributed by atoms with van der Waals surface area (Å²) in [6.07, 6.45) is 3.44. The highest BCUT2D eigenvalue weighted by atomic mass is 19.1. The molecular formula is C46H48F2N10O5. The Morgan fingerprint density at radius 1 is 0.841 bits per heavy atom. The van der Waals surface area contributed by atoms with E-state index in [1.54, 1.807) is 29.3 Å². The molecule has 3 atom stereocenters. The third-order valence-electron chi connectivity index (χ3n) is 13.3. The second kappa shape index (κ2) is 16.9. The van der Waals surface area contributed by atoms with Gasteiger partial charge in [-0.3, -0.25) is 39.3 Å². The number of carbonyl (C=O) groups excluding carboxylic acids is 5. The Morgan fingerprint density at radius 2 is 1.60 bits per heavy atom. The van der Waals surface area contributed by atoms with Gasteiger partial charge in [-0.1, -0.05) is 0 Å². The zero-order chi connectivity index (χ0) is 44.1. The number of urea groups is 1. The second-order valence-electron chi connectivity index (χ2n) is 17.3. The van der Waals surface area contributed by atoms with Crippen molar-refractivity contribution >= 4 is 63.3 Å². The number of carbonyl (C=O) groups is 5. The topological polar surface area (TPSA) is 166 Å². The van der Waals surface area contributed by atoms with Gasteiger partial charge in [0.2, 0.25) is 11.8 Å². The van der Waals surface area contributed by atoms with E-state index in [9.17, 15) is 29.2 Å². The molecule has 4 aromatic rings. The van der Waals surface area contributed by atoms with Crippen LogP contribution in [0, 0.1) is 28.9 Å².